The van der Waals surface area contributed by atoms with E-state index in [4.69, 9.17) is 5.11 Å². The van der Waals surface area contributed by atoms with Crippen LogP contribution in [-0.4, -0.2) is 19.2 Å². The molecule has 0 amide bonds. The Balaban J connectivity index is 3.13. The van der Waals surface area contributed by atoms with Crippen LogP contribution in [0.4, 0.5) is 5.69 Å². The van der Waals surface area contributed by atoms with Gasteiger partial charge in [0.25, 0.3) is 0 Å². The van der Waals surface area contributed by atoms with Gasteiger partial charge in [-0.15, -0.1) is 0 Å². The smallest absolute Gasteiger partial charge is 0.117 e. The Labute approximate surface area is 67.1 Å². The largest absolute Gasteiger partial charge is 0.508 e. The SMILES string of the molecule is Cc1ccc(O)cc1N(C)C. The van der Waals surface area contributed by atoms with Gasteiger partial charge >= 0.3 is 0 Å². The Kier molecular flexibility index (Phi) is 2.03. The Morgan fingerprint density at radius 3 is 2.36 bits per heavy atom. The number of aromatic hydroxyl groups is 1. The van der Waals surface area contributed by atoms with E-state index in [1.807, 2.05) is 32.0 Å². The molecule has 60 valence electrons. The van der Waals surface area contributed by atoms with Crippen molar-refractivity contribution in [1.29, 1.82) is 0 Å². The van der Waals surface area contributed by atoms with Crippen molar-refractivity contribution in [2.75, 3.05) is 19.0 Å². The van der Waals surface area contributed by atoms with Crippen molar-refractivity contribution in [1.82, 2.24) is 0 Å². The summed E-state index contributed by atoms with van der Waals surface area (Å²) in [5, 5.41) is 9.16. The summed E-state index contributed by atoms with van der Waals surface area (Å²) in [4.78, 5) is 1.98. The monoisotopic (exact) mass is 151 g/mol. The highest BCUT2D eigenvalue weighted by Gasteiger charge is 1.99. The molecule has 0 spiro atoms. The van der Waals surface area contributed by atoms with Crippen LogP contribution in [0.2, 0.25) is 0 Å². The summed E-state index contributed by atoms with van der Waals surface area (Å²) in [5.41, 5.74) is 2.23. The van der Waals surface area contributed by atoms with Crippen molar-refractivity contribution in [3.63, 3.8) is 0 Å². The molecule has 0 saturated heterocycles. The molecule has 0 radical (unpaired) electrons. The highest BCUT2D eigenvalue weighted by Crippen LogP contribution is 2.22. The van der Waals surface area contributed by atoms with Crippen molar-refractivity contribution >= 4 is 5.69 Å². The van der Waals surface area contributed by atoms with Gasteiger partial charge in [-0.2, -0.15) is 0 Å². The Morgan fingerprint density at radius 1 is 1.27 bits per heavy atom. The van der Waals surface area contributed by atoms with Crippen LogP contribution >= 0.6 is 0 Å². The average Bonchev–Trinajstić information content (AvgIpc) is 1.94. The summed E-state index contributed by atoms with van der Waals surface area (Å²) in [6.45, 7) is 2.02. The molecule has 0 aliphatic carbocycles. The molecule has 0 unspecified atom stereocenters. The van der Waals surface area contributed by atoms with Crippen molar-refractivity contribution in [2.45, 2.75) is 6.92 Å². The number of anilines is 1. The lowest BCUT2D eigenvalue weighted by Crippen LogP contribution is -2.09. The van der Waals surface area contributed by atoms with E-state index in [9.17, 15) is 0 Å². The number of rotatable bonds is 1. The Morgan fingerprint density at radius 2 is 1.91 bits per heavy atom. The zero-order valence-electron chi connectivity index (χ0n) is 7.13. The second kappa shape index (κ2) is 2.82. The van der Waals surface area contributed by atoms with Gasteiger partial charge in [-0.25, -0.2) is 0 Å². The fraction of sp³-hybridized carbons (Fsp3) is 0.333. The maximum Gasteiger partial charge on any atom is 0.117 e. The lowest BCUT2D eigenvalue weighted by Gasteiger charge is -2.15. The Bertz CT molecular complexity index is 256. The van der Waals surface area contributed by atoms with Crippen LogP contribution in [0.3, 0.4) is 0 Å². The molecule has 2 heteroatoms. The number of phenolic OH excluding ortho intramolecular Hbond substituents is 1. The van der Waals surface area contributed by atoms with Gasteiger partial charge in [-0.05, 0) is 18.6 Å². The molecule has 0 fully saturated rings. The molecular weight excluding hydrogens is 138 g/mol. The van der Waals surface area contributed by atoms with E-state index in [2.05, 4.69) is 0 Å². The van der Waals surface area contributed by atoms with Gasteiger partial charge in [0, 0.05) is 25.8 Å². The molecular formula is C9H13NO. The number of hydrogen-bond acceptors (Lipinski definition) is 2. The first kappa shape index (κ1) is 7.92. The van der Waals surface area contributed by atoms with Crippen LogP contribution in [0, 0.1) is 6.92 Å². The van der Waals surface area contributed by atoms with Crippen LogP contribution in [0.25, 0.3) is 0 Å². The first-order chi connectivity index (χ1) is 5.11. The van der Waals surface area contributed by atoms with Crippen molar-refractivity contribution < 1.29 is 5.11 Å². The predicted octanol–water partition coefficient (Wildman–Crippen LogP) is 1.77. The van der Waals surface area contributed by atoms with E-state index in [1.165, 1.54) is 5.56 Å². The molecule has 0 heterocycles. The van der Waals surface area contributed by atoms with Crippen LogP contribution in [0.15, 0.2) is 18.2 Å². The van der Waals surface area contributed by atoms with Crippen molar-refractivity contribution in [3.05, 3.63) is 23.8 Å². The normalized spacial score (nSPS) is 9.73. The maximum absolute atomic E-state index is 9.16. The molecule has 0 atom stereocenters. The van der Waals surface area contributed by atoms with E-state index in [1.54, 1.807) is 12.1 Å². The number of benzene rings is 1. The molecule has 1 rings (SSSR count). The first-order valence-corrected chi connectivity index (χ1v) is 3.58. The lowest BCUT2D eigenvalue weighted by atomic mass is 10.2. The zero-order chi connectivity index (χ0) is 8.43. The zero-order valence-corrected chi connectivity index (χ0v) is 7.13. The van der Waals surface area contributed by atoms with Crippen LogP contribution in [0.1, 0.15) is 5.56 Å². The van der Waals surface area contributed by atoms with E-state index in [0.717, 1.165) is 5.69 Å². The molecule has 0 saturated carbocycles. The topological polar surface area (TPSA) is 23.5 Å². The maximum atomic E-state index is 9.16. The van der Waals surface area contributed by atoms with Gasteiger partial charge in [0.2, 0.25) is 0 Å². The highest BCUT2D eigenvalue weighted by molar-refractivity contribution is 5.55. The fourth-order valence-electron chi connectivity index (χ4n) is 1.08. The summed E-state index contributed by atoms with van der Waals surface area (Å²) in [6, 6.07) is 5.36. The molecule has 2 nitrogen and oxygen atoms in total. The highest BCUT2D eigenvalue weighted by atomic mass is 16.3. The number of hydrogen-bond donors (Lipinski definition) is 1. The third-order valence-electron chi connectivity index (χ3n) is 1.67. The van der Waals surface area contributed by atoms with Crippen LogP contribution in [0.5, 0.6) is 5.75 Å². The van der Waals surface area contributed by atoms with Gasteiger partial charge in [0.1, 0.15) is 5.75 Å². The average molecular weight is 151 g/mol. The molecule has 1 aromatic rings. The predicted molar refractivity (Wildman–Crippen MR) is 47.2 cm³/mol. The van der Waals surface area contributed by atoms with Gasteiger partial charge in [-0.1, -0.05) is 6.07 Å². The van der Waals surface area contributed by atoms with Crippen LogP contribution < -0.4 is 4.90 Å². The van der Waals surface area contributed by atoms with E-state index < -0.39 is 0 Å². The Hall–Kier alpha value is -1.18. The molecule has 0 bridgehead atoms. The number of phenols is 1. The van der Waals surface area contributed by atoms with Gasteiger partial charge < -0.3 is 10.0 Å². The van der Waals surface area contributed by atoms with E-state index in [0.29, 0.717) is 5.75 Å². The molecule has 1 N–H and O–H groups in total. The minimum atomic E-state index is 0.319. The molecule has 1 aromatic carbocycles. The van der Waals surface area contributed by atoms with Gasteiger partial charge in [0.05, 0.1) is 0 Å². The second-order valence-electron chi connectivity index (χ2n) is 2.87. The fourth-order valence-corrected chi connectivity index (χ4v) is 1.08. The lowest BCUT2D eigenvalue weighted by molar-refractivity contribution is 0.475. The summed E-state index contributed by atoms with van der Waals surface area (Å²) >= 11 is 0. The summed E-state index contributed by atoms with van der Waals surface area (Å²) in [5.74, 6) is 0.319. The standard InChI is InChI=1S/C9H13NO/c1-7-4-5-8(11)6-9(7)10(2)3/h4-6,11H,1-3H3. The molecule has 0 aromatic heterocycles. The minimum Gasteiger partial charge on any atom is -0.508 e. The summed E-state index contributed by atoms with van der Waals surface area (Å²) in [6.07, 6.45) is 0. The van der Waals surface area contributed by atoms with Gasteiger partial charge in [-0.3, -0.25) is 0 Å². The van der Waals surface area contributed by atoms with E-state index in [-0.39, 0.29) is 0 Å². The summed E-state index contributed by atoms with van der Waals surface area (Å²) in [7, 11) is 3.92. The molecule has 0 aliphatic heterocycles. The number of nitrogens with zero attached hydrogens (tertiary/aromatic N) is 1. The minimum absolute atomic E-state index is 0.319. The van der Waals surface area contributed by atoms with E-state index >= 15 is 0 Å². The molecule has 11 heavy (non-hydrogen) atoms. The molecule has 0 aliphatic rings. The third-order valence-corrected chi connectivity index (χ3v) is 1.67. The third kappa shape index (κ3) is 1.64. The van der Waals surface area contributed by atoms with Crippen molar-refractivity contribution in [2.24, 2.45) is 0 Å². The quantitative estimate of drug-likeness (QED) is 0.661. The van der Waals surface area contributed by atoms with Gasteiger partial charge in [0.15, 0.2) is 0 Å². The summed E-state index contributed by atoms with van der Waals surface area (Å²) < 4.78 is 0. The number of aryl methyl sites for hydroxylation is 1. The van der Waals surface area contributed by atoms with Crippen molar-refractivity contribution in [3.8, 4) is 5.75 Å². The van der Waals surface area contributed by atoms with Crippen LogP contribution in [-0.2, 0) is 0 Å². The first-order valence-electron chi connectivity index (χ1n) is 3.58. The second-order valence-corrected chi connectivity index (χ2v) is 2.87.